The third-order valence-electron chi connectivity index (χ3n) is 10.3. The highest BCUT2D eigenvalue weighted by molar-refractivity contribution is 6.75. The largest absolute Gasteiger partial charge is 0.414 e. The van der Waals surface area contributed by atoms with Gasteiger partial charge in [0.1, 0.15) is 24.4 Å². The quantitative estimate of drug-likeness (QED) is 0.286. The van der Waals surface area contributed by atoms with Crippen LogP contribution >= 0.6 is 23.2 Å². The average molecular weight is 661 g/mol. The molecule has 0 bridgehead atoms. The van der Waals surface area contributed by atoms with Crippen LogP contribution < -0.4 is 0 Å². The maximum atomic E-state index is 7.30. The van der Waals surface area contributed by atoms with Crippen molar-refractivity contribution in [3.05, 3.63) is 33.9 Å². The second kappa shape index (κ2) is 11.6. The molecule has 0 aliphatic carbocycles. The van der Waals surface area contributed by atoms with Crippen LogP contribution in [0.1, 0.15) is 74.0 Å². The van der Waals surface area contributed by atoms with Crippen molar-refractivity contribution < 1.29 is 18.0 Å². The first-order valence-electron chi connectivity index (χ1n) is 14.9. The highest BCUT2D eigenvalue weighted by atomic mass is 35.5. The molecule has 5 nitrogen and oxygen atoms in total. The molecule has 0 spiro atoms. The monoisotopic (exact) mass is 659 g/mol. The number of H-pyrrole nitrogens is 1. The second-order valence-corrected chi connectivity index (χ2v) is 31.5. The fourth-order valence-corrected chi connectivity index (χ4v) is 8.25. The molecule has 1 N–H and O–H groups in total. The summed E-state index contributed by atoms with van der Waals surface area (Å²) in [6.45, 7) is 34.8. The van der Waals surface area contributed by atoms with Crippen LogP contribution in [-0.2, 0) is 18.0 Å². The molecule has 2 aromatic rings. The minimum Gasteiger partial charge on any atom is -0.414 e. The summed E-state index contributed by atoms with van der Waals surface area (Å²) >= 11 is 12.9. The molecular formula is C31H55Cl2NO4Si3. The van der Waals surface area contributed by atoms with Gasteiger partial charge < -0.3 is 23.0 Å². The predicted octanol–water partition coefficient (Wildman–Crippen LogP) is 10.7. The highest BCUT2D eigenvalue weighted by Crippen LogP contribution is 2.49. The van der Waals surface area contributed by atoms with E-state index in [9.17, 15) is 0 Å². The van der Waals surface area contributed by atoms with E-state index in [2.05, 4.69) is 107 Å². The molecule has 41 heavy (non-hydrogen) atoms. The van der Waals surface area contributed by atoms with E-state index in [-0.39, 0.29) is 39.5 Å². The normalized spacial score (nSPS) is 23.5. The molecule has 1 aromatic carbocycles. The van der Waals surface area contributed by atoms with Gasteiger partial charge in [-0.3, -0.25) is 0 Å². The number of aromatic nitrogens is 1. The minimum atomic E-state index is -2.23. The second-order valence-electron chi connectivity index (χ2n) is 16.4. The van der Waals surface area contributed by atoms with Crippen LogP contribution in [0.2, 0.25) is 64.4 Å². The number of halogens is 2. The molecular weight excluding hydrogens is 606 g/mol. The predicted molar refractivity (Wildman–Crippen MR) is 183 cm³/mol. The number of nitrogens with one attached hydrogen (secondary N) is 1. The first-order valence-corrected chi connectivity index (χ1v) is 24.4. The van der Waals surface area contributed by atoms with Crippen LogP contribution in [-0.4, -0.2) is 54.9 Å². The summed E-state index contributed by atoms with van der Waals surface area (Å²) in [7, 11) is -6.47. The van der Waals surface area contributed by atoms with Gasteiger partial charge in [0.05, 0.1) is 16.7 Å². The first kappa shape index (κ1) is 35.3. The van der Waals surface area contributed by atoms with E-state index in [1.165, 1.54) is 0 Å². The highest BCUT2D eigenvalue weighted by Gasteiger charge is 2.55. The molecule has 1 aliphatic heterocycles. The summed E-state index contributed by atoms with van der Waals surface area (Å²) in [5.41, 5.74) is 1.94. The van der Waals surface area contributed by atoms with Gasteiger partial charge in [-0.1, -0.05) is 85.5 Å². The molecule has 4 atom stereocenters. The Morgan fingerprint density at radius 1 is 0.732 bits per heavy atom. The van der Waals surface area contributed by atoms with E-state index >= 15 is 0 Å². The van der Waals surface area contributed by atoms with E-state index in [1.807, 2.05) is 18.3 Å². The van der Waals surface area contributed by atoms with Gasteiger partial charge in [0, 0.05) is 22.7 Å². The lowest BCUT2D eigenvalue weighted by atomic mass is 10.0. The molecule has 0 saturated carbocycles. The third kappa shape index (κ3) is 7.39. The van der Waals surface area contributed by atoms with Crippen LogP contribution in [0.25, 0.3) is 10.9 Å². The van der Waals surface area contributed by atoms with Crippen molar-refractivity contribution in [3.8, 4) is 0 Å². The summed E-state index contributed by atoms with van der Waals surface area (Å²) in [4.78, 5) is 3.40. The van der Waals surface area contributed by atoms with Gasteiger partial charge in [-0.25, -0.2) is 0 Å². The summed E-state index contributed by atoms with van der Waals surface area (Å²) in [5, 5.41) is 2.17. The van der Waals surface area contributed by atoms with Crippen LogP contribution in [0.5, 0.6) is 0 Å². The number of rotatable bonds is 8. The summed E-state index contributed by atoms with van der Waals surface area (Å²) in [6.07, 6.45) is 0.826. The smallest absolute Gasteiger partial charge is 0.192 e. The van der Waals surface area contributed by atoms with E-state index < -0.39 is 25.0 Å². The lowest BCUT2D eigenvalue weighted by Gasteiger charge is -2.44. The third-order valence-corrected chi connectivity index (χ3v) is 24.4. The Morgan fingerprint density at radius 2 is 1.20 bits per heavy atom. The zero-order valence-electron chi connectivity index (χ0n) is 28.1. The SMILES string of the molecule is CC(C)(C)[Si](C)(C)OC[C@H]1O[C@@H](c2c[nH]c3cc(Cl)c(Cl)cc23)[C@H](O[Si](C)(C)C(C)(C)C)[C@@H]1O[Si](C)(C)C(C)(C)C. The number of ether oxygens (including phenoxy) is 1. The lowest BCUT2D eigenvalue weighted by Crippen LogP contribution is -2.54. The average Bonchev–Trinajstić information content (AvgIpc) is 3.31. The topological polar surface area (TPSA) is 52.7 Å². The summed E-state index contributed by atoms with van der Waals surface area (Å²) in [5.74, 6) is 0. The molecule has 1 aliphatic rings. The Bertz CT molecular complexity index is 1220. The molecule has 0 unspecified atom stereocenters. The Labute approximate surface area is 262 Å². The van der Waals surface area contributed by atoms with Crippen molar-refractivity contribution in [2.24, 2.45) is 0 Å². The minimum absolute atomic E-state index is 0.0197. The zero-order valence-corrected chi connectivity index (χ0v) is 32.6. The van der Waals surface area contributed by atoms with Crippen LogP contribution in [0.15, 0.2) is 18.3 Å². The number of aromatic amines is 1. The van der Waals surface area contributed by atoms with Gasteiger partial charge in [0.25, 0.3) is 0 Å². The Hall–Kier alpha value is -0.169. The molecule has 1 aromatic heterocycles. The molecule has 2 heterocycles. The molecule has 1 saturated heterocycles. The molecule has 10 heteroatoms. The van der Waals surface area contributed by atoms with Crippen molar-refractivity contribution >= 4 is 59.1 Å². The van der Waals surface area contributed by atoms with Gasteiger partial charge in [0.15, 0.2) is 25.0 Å². The standard InChI is InChI=1S/C31H55Cl2NO4Si3/c1-29(2,3)39(10,11)35-19-25-27(37-40(12,13)30(4,5)6)28(38-41(14,15)31(7,8)9)26(36-25)21-18-34-24-17-23(33)22(32)16-20(21)24/h16-18,25-28,34H,19H2,1-15H3/t25-,26+,27-,28+/m1/s1. The Balaban J connectivity index is 2.17. The molecule has 0 radical (unpaired) electrons. The summed E-state index contributed by atoms with van der Waals surface area (Å²) in [6, 6.07) is 3.81. The van der Waals surface area contributed by atoms with Crippen molar-refractivity contribution in [3.63, 3.8) is 0 Å². The first-order chi connectivity index (χ1) is 18.3. The fourth-order valence-electron chi connectivity index (χ4n) is 4.30. The van der Waals surface area contributed by atoms with E-state index in [4.69, 9.17) is 41.2 Å². The molecule has 234 valence electrons. The molecule has 3 rings (SSSR count). The number of hydrogen-bond acceptors (Lipinski definition) is 4. The fraction of sp³-hybridized carbons (Fsp3) is 0.742. The number of fused-ring (bicyclic) bond motifs is 1. The van der Waals surface area contributed by atoms with Crippen molar-refractivity contribution in [1.29, 1.82) is 0 Å². The van der Waals surface area contributed by atoms with E-state index in [0.717, 1.165) is 16.5 Å². The number of hydrogen-bond donors (Lipinski definition) is 1. The molecule has 1 fully saturated rings. The van der Waals surface area contributed by atoms with Crippen LogP contribution in [0.4, 0.5) is 0 Å². The summed E-state index contributed by atoms with van der Waals surface area (Å²) < 4.78 is 28.4. The van der Waals surface area contributed by atoms with Crippen molar-refractivity contribution in [2.75, 3.05) is 6.61 Å². The van der Waals surface area contributed by atoms with Crippen molar-refractivity contribution in [1.82, 2.24) is 4.98 Å². The number of benzene rings is 1. The van der Waals surface area contributed by atoms with Crippen LogP contribution in [0.3, 0.4) is 0 Å². The molecule has 0 amide bonds. The van der Waals surface area contributed by atoms with Gasteiger partial charge in [-0.15, -0.1) is 0 Å². The van der Waals surface area contributed by atoms with Gasteiger partial charge in [-0.2, -0.15) is 0 Å². The van der Waals surface area contributed by atoms with Gasteiger partial charge >= 0.3 is 0 Å². The van der Waals surface area contributed by atoms with Crippen molar-refractivity contribution in [2.45, 2.75) is 141 Å². The maximum absolute atomic E-state index is 7.30. The van der Waals surface area contributed by atoms with Gasteiger partial charge in [-0.05, 0) is 66.5 Å². The Kier molecular flexibility index (Phi) is 10.0. The van der Waals surface area contributed by atoms with Crippen LogP contribution in [0, 0.1) is 0 Å². The van der Waals surface area contributed by atoms with E-state index in [0.29, 0.717) is 16.7 Å². The maximum Gasteiger partial charge on any atom is 0.192 e. The zero-order chi connectivity index (χ0) is 31.6. The van der Waals surface area contributed by atoms with E-state index in [1.54, 1.807) is 0 Å². The van der Waals surface area contributed by atoms with Gasteiger partial charge in [0.2, 0.25) is 0 Å². The Morgan fingerprint density at radius 3 is 1.68 bits per heavy atom. The lowest BCUT2D eigenvalue weighted by molar-refractivity contribution is -0.0168.